The lowest BCUT2D eigenvalue weighted by Crippen LogP contribution is -2.53. The Morgan fingerprint density at radius 3 is 2.31 bits per heavy atom. The zero-order valence-electron chi connectivity index (χ0n) is 24.2. The molecule has 208 valence electrons. The molecule has 0 bridgehead atoms. The molecule has 4 aromatic rings. The lowest BCUT2D eigenvalue weighted by atomic mass is 10.1. The van der Waals surface area contributed by atoms with Gasteiger partial charge in [-0.2, -0.15) is 9.97 Å². The van der Waals surface area contributed by atoms with E-state index in [-0.39, 0.29) is 11.5 Å². The largest absolute Gasteiger partial charge is 0.378 e. The standard InChI is InChI=1S/C29H41N9O/c1-20(2)25-30-21-9-7-8-10-22(21)38(25)28-32-26-24(27(33-28)36-15-17-39-18-16-36)31-23(34(26)6)19-35-11-13-37(14-12-35)29(3,4)5/h7-10,20H,11-19H2,1-6H3. The number of anilines is 1. The second-order valence-electron chi connectivity index (χ2n) is 12.1. The van der Waals surface area contributed by atoms with Crippen molar-refractivity contribution in [2.45, 2.75) is 52.6 Å². The quantitative estimate of drug-likeness (QED) is 0.387. The van der Waals surface area contributed by atoms with E-state index in [9.17, 15) is 0 Å². The molecule has 2 saturated heterocycles. The lowest BCUT2D eigenvalue weighted by molar-refractivity contribution is 0.0577. The van der Waals surface area contributed by atoms with Crippen molar-refractivity contribution in [2.75, 3.05) is 57.4 Å². The summed E-state index contributed by atoms with van der Waals surface area (Å²) in [6, 6.07) is 8.23. The average Bonchev–Trinajstić information content (AvgIpc) is 3.47. The number of aromatic nitrogens is 6. The van der Waals surface area contributed by atoms with Gasteiger partial charge in [-0.3, -0.25) is 14.4 Å². The molecule has 0 saturated carbocycles. The number of nitrogens with zero attached hydrogens (tertiary/aromatic N) is 9. The molecule has 6 rings (SSSR count). The Kier molecular flexibility index (Phi) is 6.81. The van der Waals surface area contributed by atoms with Crippen molar-refractivity contribution in [3.63, 3.8) is 0 Å². The molecule has 2 fully saturated rings. The van der Waals surface area contributed by atoms with Gasteiger partial charge in [0.05, 0.1) is 30.8 Å². The maximum atomic E-state index is 5.67. The fraction of sp³-hybridized carbons (Fsp3) is 0.586. The molecular weight excluding hydrogens is 490 g/mol. The van der Waals surface area contributed by atoms with Gasteiger partial charge in [0.2, 0.25) is 5.95 Å². The van der Waals surface area contributed by atoms with E-state index in [0.717, 1.165) is 85.5 Å². The van der Waals surface area contributed by atoms with Gasteiger partial charge in [0.15, 0.2) is 17.0 Å². The highest BCUT2D eigenvalue weighted by Gasteiger charge is 2.28. The molecule has 0 spiro atoms. The van der Waals surface area contributed by atoms with Crippen LogP contribution in [-0.2, 0) is 18.3 Å². The number of hydrogen-bond donors (Lipinski definition) is 0. The Hall–Kier alpha value is -3.08. The molecule has 0 radical (unpaired) electrons. The number of ether oxygens (including phenoxy) is 1. The van der Waals surface area contributed by atoms with Crippen LogP contribution in [0.15, 0.2) is 24.3 Å². The maximum absolute atomic E-state index is 5.67. The fourth-order valence-electron chi connectivity index (χ4n) is 5.74. The molecule has 5 heterocycles. The van der Waals surface area contributed by atoms with E-state index in [4.69, 9.17) is 24.7 Å². The normalized spacial score (nSPS) is 18.2. The van der Waals surface area contributed by atoms with E-state index in [0.29, 0.717) is 19.2 Å². The Morgan fingerprint density at radius 2 is 1.62 bits per heavy atom. The van der Waals surface area contributed by atoms with Crippen LogP contribution in [0.2, 0.25) is 0 Å². The van der Waals surface area contributed by atoms with Crippen molar-refractivity contribution in [2.24, 2.45) is 7.05 Å². The van der Waals surface area contributed by atoms with Crippen LogP contribution < -0.4 is 4.90 Å². The monoisotopic (exact) mass is 531 g/mol. The fourth-order valence-corrected chi connectivity index (χ4v) is 5.74. The van der Waals surface area contributed by atoms with E-state index in [1.54, 1.807) is 0 Å². The summed E-state index contributed by atoms with van der Waals surface area (Å²) in [5.74, 6) is 3.73. The van der Waals surface area contributed by atoms with Crippen LogP contribution in [0.4, 0.5) is 5.82 Å². The van der Waals surface area contributed by atoms with Crippen molar-refractivity contribution in [1.82, 2.24) is 38.9 Å². The van der Waals surface area contributed by atoms with Gasteiger partial charge in [-0.15, -0.1) is 0 Å². The molecule has 0 N–H and O–H groups in total. The molecule has 0 atom stereocenters. The number of morpholine rings is 1. The van der Waals surface area contributed by atoms with Crippen LogP contribution >= 0.6 is 0 Å². The van der Waals surface area contributed by atoms with Crippen LogP contribution in [0.25, 0.3) is 28.1 Å². The van der Waals surface area contributed by atoms with E-state index >= 15 is 0 Å². The summed E-state index contributed by atoms with van der Waals surface area (Å²) in [5, 5.41) is 0. The van der Waals surface area contributed by atoms with Gasteiger partial charge in [0.25, 0.3) is 0 Å². The highest BCUT2D eigenvalue weighted by molar-refractivity contribution is 5.86. The highest BCUT2D eigenvalue weighted by atomic mass is 16.5. The van der Waals surface area contributed by atoms with Gasteiger partial charge in [-0.1, -0.05) is 26.0 Å². The summed E-state index contributed by atoms with van der Waals surface area (Å²) >= 11 is 0. The maximum Gasteiger partial charge on any atom is 0.239 e. The molecule has 0 unspecified atom stereocenters. The van der Waals surface area contributed by atoms with Gasteiger partial charge in [-0.25, -0.2) is 9.97 Å². The van der Waals surface area contributed by atoms with Crippen molar-refractivity contribution < 1.29 is 4.74 Å². The van der Waals surface area contributed by atoms with E-state index in [2.05, 4.69) is 77.6 Å². The first kappa shape index (κ1) is 26.2. The summed E-state index contributed by atoms with van der Waals surface area (Å²) in [6.07, 6.45) is 0. The number of fused-ring (bicyclic) bond motifs is 2. The number of aryl methyl sites for hydroxylation is 1. The summed E-state index contributed by atoms with van der Waals surface area (Å²) < 4.78 is 9.96. The minimum Gasteiger partial charge on any atom is -0.378 e. The van der Waals surface area contributed by atoms with Crippen LogP contribution in [0, 0.1) is 0 Å². The average molecular weight is 532 g/mol. The predicted octanol–water partition coefficient (Wildman–Crippen LogP) is 3.58. The summed E-state index contributed by atoms with van der Waals surface area (Å²) in [4.78, 5) is 27.8. The van der Waals surface area contributed by atoms with Crippen LogP contribution in [0.3, 0.4) is 0 Å². The van der Waals surface area contributed by atoms with Gasteiger partial charge in [0, 0.05) is 57.8 Å². The topological polar surface area (TPSA) is 80.4 Å². The van der Waals surface area contributed by atoms with E-state index < -0.39 is 0 Å². The first-order chi connectivity index (χ1) is 18.7. The first-order valence-corrected chi connectivity index (χ1v) is 14.2. The highest BCUT2D eigenvalue weighted by Crippen LogP contribution is 2.30. The Labute approximate surface area is 230 Å². The number of imidazole rings is 2. The van der Waals surface area contributed by atoms with Gasteiger partial charge >= 0.3 is 0 Å². The number of rotatable bonds is 5. The van der Waals surface area contributed by atoms with Crippen LogP contribution in [0.5, 0.6) is 0 Å². The van der Waals surface area contributed by atoms with E-state index in [1.807, 2.05) is 12.1 Å². The second kappa shape index (κ2) is 10.1. The first-order valence-electron chi connectivity index (χ1n) is 14.2. The molecule has 3 aromatic heterocycles. The third-order valence-corrected chi connectivity index (χ3v) is 8.08. The van der Waals surface area contributed by atoms with Crippen molar-refractivity contribution in [3.8, 4) is 5.95 Å². The Bertz CT molecular complexity index is 1470. The molecule has 0 amide bonds. The number of hydrogen-bond acceptors (Lipinski definition) is 8. The summed E-state index contributed by atoms with van der Waals surface area (Å²) in [7, 11) is 2.09. The molecule has 2 aliphatic rings. The molecule has 2 aliphatic heterocycles. The second-order valence-corrected chi connectivity index (χ2v) is 12.1. The lowest BCUT2D eigenvalue weighted by Gasteiger charge is -2.42. The molecule has 39 heavy (non-hydrogen) atoms. The van der Waals surface area contributed by atoms with Gasteiger partial charge < -0.3 is 14.2 Å². The van der Waals surface area contributed by atoms with Crippen molar-refractivity contribution >= 4 is 28.0 Å². The summed E-state index contributed by atoms with van der Waals surface area (Å²) in [6.45, 7) is 19.2. The smallest absolute Gasteiger partial charge is 0.239 e. The van der Waals surface area contributed by atoms with Crippen LogP contribution in [-0.4, -0.2) is 96.9 Å². The molecule has 0 aliphatic carbocycles. The third kappa shape index (κ3) is 4.90. The molecule has 10 nitrogen and oxygen atoms in total. The Balaban J connectivity index is 1.43. The molecule has 1 aromatic carbocycles. The van der Waals surface area contributed by atoms with Gasteiger partial charge in [-0.05, 0) is 32.9 Å². The number of benzene rings is 1. The molecule has 10 heteroatoms. The third-order valence-electron chi connectivity index (χ3n) is 8.08. The zero-order valence-corrected chi connectivity index (χ0v) is 24.2. The number of para-hydroxylation sites is 2. The minimum absolute atomic E-state index is 0.204. The zero-order chi connectivity index (χ0) is 27.3. The summed E-state index contributed by atoms with van der Waals surface area (Å²) in [5.41, 5.74) is 3.90. The van der Waals surface area contributed by atoms with E-state index in [1.165, 1.54) is 0 Å². The minimum atomic E-state index is 0.204. The van der Waals surface area contributed by atoms with Crippen molar-refractivity contribution in [1.29, 1.82) is 0 Å². The molecular formula is C29H41N9O. The predicted molar refractivity (Wildman–Crippen MR) is 155 cm³/mol. The van der Waals surface area contributed by atoms with Crippen LogP contribution in [0.1, 0.15) is 52.2 Å². The number of piperazine rings is 1. The van der Waals surface area contributed by atoms with Gasteiger partial charge in [0.1, 0.15) is 11.6 Å². The Morgan fingerprint density at radius 1 is 0.897 bits per heavy atom. The SMILES string of the molecule is CC(C)c1nc2ccccc2n1-c1nc(N2CCOCC2)c2nc(CN3CCN(C(C)(C)C)CC3)n(C)c2n1. The van der Waals surface area contributed by atoms with Crippen molar-refractivity contribution in [3.05, 3.63) is 35.9 Å².